The normalized spacial score (nSPS) is 21.2. The standard InChI is InChI=1S/C15H21NOS/c1-4-11(3)10-13(16-5-2)14-15-12(6-8-17-14)7-9-18-15/h5,7,9-11,14,16H,2,4,6,8H2,1,3H3/b13-10-. The molecule has 0 spiro atoms. The molecule has 0 saturated carbocycles. The zero-order valence-electron chi connectivity index (χ0n) is 11.1. The van der Waals surface area contributed by atoms with Gasteiger partial charge in [-0.05, 0) is 35.5 Å². The monoisotopic (exact) mass is 263 g/mol. The van der Waals surface area contributed by atoms with Gasteiger partial charge in [0.2, 0.25) is 0 Å². The fourth-order valence-electron chi connectivity index (χ4n) is 2.13. The number of hydrogen-bond acceptors (Lipinski definition) is 3. The molecule has 0 aliphatic carbocycles. The summed E-state index contributed by atoms with van der Waals surface area (Å²) in [5.41, 5.74) is 2.56. The maximum absolute atomic E-state index is 5.95. The predicted molar refractivity (Wildman–Crippen MR) is 77.6 cm³/mol. The minimum Gasteiger partial charge on any atom is -0.366 e. The summed E-state index contributed by atoms with van der Waals surface area (Å²) >= 11 is 1.78. The first kappa shape index (κ1) is 13.4. The minimum atomic E-state index is 0.0562. The van der Waals surface area contributed by atoms with E-state index in [0.717, 1.165) is 25.1 Å². The van der Waals surface area contributed by atoms with Crippen LogP contribution in [0.5, 0.6) is 0 Å². The Morgan fingerprint density at radius 1 is 1.72 bits per heavy atom. The largest absolute Gasteiger partial charge is 0.366 e. The zero-order valence-corrected chi connectivity index (χ0v) is 11.9. The molecular weight excluding hydrogens is 242 g/mol. The first-order valence-electron chi connectivity index (χ1n) is 6.53. The van der Waals surface area contributed by atoms with Crippen molar-refractivity contribution >= 4 is 11.3 Å². The summed E-state index contributed by atoms with van der Waals surface area (Å²) in [5, 5.41) is 5.41. The molecule has 0 saturated heterocycles. The highest BCUT2D eigenvalue weighted by molar-refractivity contribution is 7.10. The maximum atomic E-state index is 5.95. The van der Waals surface area contributed by atoms with Gasteiger partial charge in [-0.3, -0.25) is 0 Å². The molecule has 0 amide bonds. The van der Waals surface area contributed by atoms with Crippen molar-refractivity contribution in [3.63, 3.8) is 0 Å². The van der Waals surface area contributed by atoms with Crippen LogP contribution in [0.2, 0.25) is 0 Å². The summed E-state index contributed by atoms with van der Waals surface area (Å²) in [7, 11) is 0. The molecule has 0 fully saturated rings. The van der Waals surface area contributed by atoms with Crippen molar-refractivity contribution in [3.05, 3.63) is 46.4 Å². The average molecular weight is 263 g/mol. The van der Waals surface area contributed by atoms with Crippen LogP contribution in [-0.2, 0) is 11.2 Å². The molecular formula is C15H21NOS. The van der Waals surface area contributed by atoms with Crippen molar-refractivity contribution < 1.29 is 4.74 Å². The number of ether oxygens (including phenoxy) is 1. The summed E-state index contributed by atoms with van der Waals surface area (Å²) in [6, 6.07) is 2.21. The second kappa shape index (κ2) is 6.21. The molecule has 1 aromatic heterocycles. The number of fused-ring (bicyclic) bond motifs is 1. The van der Waals surface area contributed by atoms with E-state index in [1.807, 2.05) is 0 Å². The molecule has 98 valence electrons. The van der Waals surface area contributed by atoms with Gasteiger partial charge in [0.15, 0.2) is 0 Å². The van der Waals surface area contributed by atoms with Crippen LogP contribution in [0.25, 0.3) is 0 Å². The van der Waals surface area contributed by atoms with E-state index in [0.29, 0.717) is 5.92 Å². The average Bonchev–Trinajstić information content (AvgIpc) is 2.86. The Kier molecular flexibility index (Phi) is 4.61. The van der Waals surface area contributed by atoms with E-state index in [2.05, 4.69) is 43.3 Å². The third-order valence-electron chi connectivity index (χ3n) is 3.33. The van der Waals surface area contributed by atoms with E-state index in [4.69, 9.17) is 4.74 Å². The van der Waals surface area contributed by atoms with Gasteiger partial charge in [0.25, 0.3) is 0 Å². The Bertz CT molecular complexity index is 435. The van der Waals surface area contributed by atoms with Crippen molar-refractivity contribution in [1.82, 2.24) is 5.32 Å². The zero-order chi connectivity index (χ0) is 13.0. The van der Waals surface area contributed by atoms with E-state index in [-0.39, 0.29) is 6.10 Å². The highest BCUT2D eigenvalue weighted by Gasteiger charge is 2.25. The molecule has 1 aromatic rings. The Morgan fingerprint density at radius 2 is 2.56 bits per heavy atom. The quantitative estimate of drug-likeness (QED) is 0.866. The van der Waals surface area contributed by atoms with Gasteiger partial charge in [-0.2, -0.15) is 0 Å². The van der Waals surface area contributed by atoms with Gasteiger partial charge in [-0.15, -0.1) is 11.3 Å². The van der Waals surface area contributed by atoms with Crippen LogP contribution in [0.3, 0.4) is 0 Å². The Balaban J connectivity index is 2.28. The molecule has 2 rings (SSSR count). The summed E-state index contributed by atoms with van der Waals surface area (Å²) in [6.45, 7) is 8.99. The maximum Gasteiger partial charge on any atom is 0.131 e. The van der Waals surface area contributed by atoms with E-state index in [9.17, 15) is 0 Å². The summed E-state index contributed by atoms with van der Waals surface area (Å²) < 4.78 is 5.95. The fourth-order valence-corrected chi connectivity index (χ4v) is 3.15. The Hall–Kier alpha value is -1.06. The second-order valence-electron chi connectivity index (χ2n) is 4.67. The van der Waals surface area contributed by atoms with E-state index >= 15 is 0 Å². The van der Waals surface area contributed by atoms with E-state index < -0.39 is 0 Å². The molecule has 3 heteroatoms. The molecule has 2 atom stereocenters. The number of nitrogens with one attached hydrogen (secondary N) is 1. The lowest BCUT2D eigenvalue weighted by molar-refractivity contribution is 0.0663. The van der Waals surface area contributed by atoms with Crippen molar-refractivity contribution in [2.45, 2.75) is 32.8 Å². The molecule has 0 radical (unpaired) electrons. The number of allylic oxidation sites excluding steroid dienone is 1. The van der Waals surface area contributed by atoms with Crippen LogP contribution < -0.4 is 5.32 Å². The molecule has 2 nitrogen and oxygen atoms in total. The molecule has 2 unspecified atom stereocenters. The van der Waals surface area contributed by atoms with Crippen LogP contribution in [-0.4, -0.2) is 6.61 Å². The van der Waals surface area contributed by atoms with Crippen LogP contribution >= 0.6 is 11.3 Å². The van der Waals surface area contributed by atoms with Crippen molar-refractivity contribution in [1.29, 1.82) is 0 Å². The molecule has 18 heavy (non-hydrogen) atoms. The highest BCUT2D eigenvalue weighted by atomic mass is 32.1. The van der Waals surface area contributed by atoms with Gasteiger partial charge in [0, 0.05) is 10.6 Å². The Morgan fingerprint density at radius 3 is 3.28 bits per heavy atom. The third-order valence-corrected chi connectivity index (χ3v) is 4.34. The molecule has 1 N–H and O–H groups in total. The fraction of sp³-hybridized carbons (Fsp3) is 0.467. The number of hydrogen-bond donors (Lipinski definition) is 1. The van der Waals surface area contributed by atoms with Gasteiger partial charge in [0.1, 0.15) is 6.10 Å². The smallest absolute Gasteiger partial charge is 0.131 e. The topological polar surface area (TPSA) is 21.3 Å². The van der Waals surface area contributed by atoms with Gasteiger partial charge < -0.3 is 10.1 Å². The van der Waals surface area contributed by atoms with Crippen LogP contribution in [0.1, 0.15) is 36.8 Å². The SMILES string of the molecule is C=CN/C(=C\C(C)CC)C1OCCc2ccsc21. The minimum absolute atomic E-state index is 0.0562. The van der Waals surface area contributed by atoms with Gasteiger partial charge in [-0.25, -0.2) is 0 Å². The third kappa shape index (κ3) is 2.85. The summed E-state index contributed by atoms with van der Waals surface area (Å²) in [5.74, 6) is 0.543. The summed E-state index contributed by atoms with van der Waals surface area (Å²) in [6.07, 6.45) is 6.22. The van der Waals surface area contributed by atoms with Crippen LogP contribution in [0.15, 0.2) is 36.0 Å². The second-order valence-corrected chi connectivity index (χ2v) is 5.61. The highest BCUT2D eigenvalue weighted by Crippen LogP contribution is 2.36. The molecule has 0 aromatic carbocycles. The van der Waals surface area contributed by atoms with E-state index in [1.54, 1.807) is 17.5 Å². The number of rotatable bonds is 5. The summed E-state index contributed by atoms with van der Waals surface area (Å²) in [4.78, 5) is 1.34. The Labute approximate surface area is 113 Å². The van der Waals surface area contributed by atoms with Gasteiger partial charge in [-0.1, -0.05) is 32.9 Å². The van der Waals surface area contributed by atoms with Crippen LogP contribution in [0.4, 0.5) is 0 Å². The predicted octanol–water partition coefficient (Wildman–Crippen LogP) is 4.03. The lowest BCUT2D eigenvalue weighted by Gasteiger charge is -2.26. The number of thiophene rings is 1. The molecule has 2 heterocycles. The van der Waals surface area contributed by atoms with Gasteiger partial charge in [0.05, 0.1) is 6.61 Å². The van der Waals surface area contributed by atoms with Gasteiger partial charge >= 0.3 is 0 Å². The van der Waals surface area contributed by atoms with Crippen molar-refractivity contribution in [2.24, 2.45) is 5.92 Å². The molecule has 1 aliphatic rings. The van der Waals surface area contributed by atoms with Crippen molar-refractivity contribution in [2.75, 3.05) is 6.61 Å². The molecule has 1 aliphatic heterocycles. The first-order chi connectivity index (χ1) is 8.76. The lowest BCUT2D eigenvalue weighted by atomic mass is 10.0. The van der Waals surface area contributed by atoms with Crippen LogP contribution in [0, 0.1) is 5.92 Å². The first-order valence-corrected chi connectivity index (χ1v) is 7.41. The van der Waals surface area contributed by atoms with Crippen molar-refractivity contribution in [3.8, 4) is 0 Å². The van der Waals surface area contributed by atoms with E-state index in [1.165, 1.54) is 10.4 Å². The molecule has 0 bridgehead atoms. The lowest BCUT2D eigenvalue weighted by Crippen LogP contribution is -2.22.